The summed E-state index contributed by atoms with van der Waals surface area (Å²) in [5.74, 6) is 0.564. The molecule has 2 heterocycles. The number of benzene rings is 1. The average Bonchev–Trinajstić information content (AvgIpc) is 3.09. The van der Waals surface area contributed by atoms with E-state index in [-0.39, 0.29) is 23.6 Å². The molecule has 0 spiro atoms. The van der Waals surface area contributed by atoms with Gasteiger partial charge in [0.15, 0.2) is 0 Å². The first-order valence-corrected chi connectivity index (χ1v) is 11.3. The number of hydrogen-bond acceptors (Lipinski definition) is 4. The highest BCUT2D eigenvalue weighted by Crippen LogP contribution is 2.56. The van der Waals surface area contributed by atoms with Crippen LogP contribution in [0.5, 0.6) is 0 Å². The van der Waals surface area contributed by atoms with Gasteiger partial charge in [0.1, 0.15) is 5.78 Å². The second-order valence-electron chi connectivity index (χ2n) is 9.77. The molecule has 2 saturated heterocycles. The number of nitrogens with one attached hydrogen (secondary N) is 1. The largest absolute Gasteiger partial charge is 0.372 e. The van der Waals surface area contributed by atoms with Crippen LogP contribution in [0, 0.1) is 17.3 Å². The fourth-order valence-corrected chi connectivity index (χ4v) is 6.96. The molecule has 6 atom stereocenters. The maximum Gasteiger partial charge on any atom is 0.216 e. The minimum atomic E-state index is -2.24. The summed E-state index contributed by atoms with van der Waals surface area (Å²) >= 11 is 0. The third-order valence-corrected chi connectivity index (χ3v) is 7.91. The Balaban J connectivity index is 1.58. The zero-order valence-corrected chi connectivity index (χ0v) is 17.3. The fraction of sp³-hybridized carbons (Fsp3) is 0.714. The minimum absolute atomic E-state index is 0.0425. The van der Waals surface area contributed by atoms with Crippen molar-refractivity contribution in [2.75, 3.05) is 5.32 Å². The monoisotopic (exact) mass is 377 g/mol. The van der Waals surface area contributed by atoms with E-state index in [1.165, 1.54) is 12.8 Å². The minimum Gasteiger partial charge on any atom is -0.372 e. The Morgan fingerprint density at radius 1 is 1.08 bits per heavy atom. The molecule has 1 N–H and O–H groups in total. The molecule has 1 aliphatic carbocycles. The summed E-state index contributed by atoms with van der Waals surface area (Å²) in [5.41, 5.74) is 1.16. The van der Waals surface area contributed by atoms with Crippen molar-refractivity contribution in [2.45, 2.75) is 77.0 Å². The number of hydrogen-bond donors (Lipinski definition) is 1. The van der Waals surface area contributed by atoms with Gasteiger partial charge in [-0.25, -0.2) is 0 Å². The van der Waals surface area contributed by atoms with E-state index < -0.39 is 8.03 Å². The van der Waals surface area contributed by atoms with Crippen molar-refractivity contribution < 1.29 is 13.8 Å². The molecule has 1 aromatic rings. The Kier molecular flexibility index (Phi) is 4.74. The number of ether oxygens (including phenoxy) is 1. The van der Waals surface area contributed by atoms with Crippen molar-refractivity contribution in [3.8, 4) is 0 Å². The Hall–Kier alpha value is -0.830. The normalized spacial score (nSPS) is 40.9. The Morgan fingerprint density at radius 2 is 1.81 bits per heavy atom. The lowest BCUT2D eigenvalue weighted by Crippen LogP contribution is -2.47. The molecule has 1 saturated carbocycles. The van der Waals surface area contributed by atoms with Gasteiger partial charge in [-0.1, -0.05) is 32.0 Å². The smallest absolute Gasteiger partial charge is 0.216 e. The van der Waals surface area contributed by atoms with Gasteiger partial charge >= 0.3 is 0 Å². The molecular weight excluding hydrogens is 345 g/mol. The van der Waals surface area contributed by atoms with Crippen LogP contribution in [-0.4, -0.2) is 23.6 Å². The molecule has 3 fully saturated rings. The van der Waals surface area contributed by atoms with Gasteiger partial charge in [-0.2, -0.15) is 0 Å². The molecule has 0 radical (unpaired) electrons. The van der Waals surface area contributed by atoms with Crippen LogP contribution in [0.3, 0.4) is 0 Å². The molecule has 4 nitrogen and oxygen atoms in total. The highest BCUT2D eigenvalue weighted by atomic mass is 31.1. The third kappa shape index (κ3) is 3.61. The first kappa shape index (κ1) is 18.5. The van der Waals surface area contributed by atoms with Crippen molar-refractivity contribution in [1.82, 2.24) is 0 Å². The summed E-state index contributed by atoms with van der Waals surface area (Å²) in [7, 11) is -2.24. The van der Waals surface area contributed by atoms with E-state index in [1.54, 1.807) is 0 Å². The summed E-state index contributed by atoms with van der Waals surface area (Å²) in [6, 6.07) is 9.99. The Morgan fingerprint density at radius 3 is 2.46 bits per heavy atom. The summed E-state index contributed by atoms with van der Waals surface area (Å²) in [6.45, 7) is 8.98. The fourth-order valence-electron chi connectivity index (χ4n) is 5.31. The number of para-hydroxylation sites is 1. The van der Waals surface area contributed by atoms with Gasteiger partial charge < -0.3 is 14.6 Å². The molecule has 0 amide bonds. The molecule has 4 rings (SSSR count). The molecule has 3 aliphatic rings. The predicted molar refractivity (Wildman–Crippen MR) is 106 cm³/mol. The van der Waals surface area contributed by atoms with Crippen molar-refractivity contribution >= 4 is 13.7 Å². The second kappa shape index (κ2) is 6.65. The van der Waals surface area contributed by atoms with Crippen molar-refractivity contribution in [2.24, 2.45) is 17.3 Å². The maximum atomic E-state index is 13.1. The average molecular weight is 377 g/mol. The van der Waals surface area contributed by atoms with E-state index in [4.69, 9.17) is 9.26 Å². The van der Waals surface area contributed by atoms with Gasteiger partial charge in [-0.05, 0) is 63.0 Å². The van der Waals surface area contributed by atoms with Crippen LogP contribution in [0.1, 0.15) is 53.4 Å². The topological polar surface area (TPSA) is 47.6 Å². The number of anilines is 1. The molecule has 0 aromatic heterocycles. The summed E-state index contributed by atoms with van der Waals surface area (Å²) in [4.78, 5) is 0. The van der Waals surface area contributed by atoms with E-state index in [0.717, 1.165) is 18.5 Å². The predicted octanol–water partition coefficient (Wildman–Crippen LogP) is 5.31. The second-order valence-corrected chi connectivity index (χ2v) is 11.3. The highest BCUT2D eigenvalue weighted by Gasteiger charge is 2.55. The molecule has 1 aromatic carbocycles. The third-order valence-electron chi connectivity index (χ3n) is 6.43. The lowest BCUT2D eigenvalue weighted by Gasteiger charge is -2.41. The molecule has 6 unspecified atom stereocenters. The highest BCUT2D eigenvalue weighted by molar-refractivity contribution is 7.40. The maximum absolute atomic E-state index is 13.1. The zero-order valence-electron chi connectivity index (χ0n) is 16.3. The molecule has 26 heavy (non-hydrogen) atoms. The van der Waals surface area contributed by atoms with Crippen molar-refractivity contribution in [3.63, 3.8) is 0 Å². The van der Waals surface area contributed by atoms with Gasteiger partial charge in [0.25, 0.3) is 0 Å². The standard InChI is InChI=1S/C21H32NO3P/c1-20(2)11-10-14(12-20)17-16-13-21(3,4)24-18(16)19(26(23)25-17)22-15-8-6-5-7-9-15/h5-9,14,16-19,22,26H,10-13H2,1-4H3. The van der Waals surface area contributed by atoms with E-state index in [9.17, 15) is 4.57 Å². The van der Waals surface area contributed by atoms with Crippen LogP contribution < -0.4 is 5.32 Å². The van der Waals surface area contributed by atoms with Gasteiger partial charge in [0, 0.05) is 11.6 Å². The van der Waals surface area contributed by atoms with Crippen LogP contribution in [0.15, 0.2) is 30.3 Å². The van der Waals surface area contributed by atoms with Crippen LogP contribution in [0.4, 0.5) is 5.69 Å². The summed E-state index contributed by atoms with van der Waals surface area (Å²) in [6.07, 6.45) is 4.57. The van der Waals surface area contributed by atoms with E-state index in [0.29, 0.717) is 17.3 Å². The van der Waals surface area contributed by atoms with Crippen LogP contribution >= 0.6 is 8.03 Å². The van der Waals surface area contributed by atoms with E-state index >= 15 is 0 Å². The molecule has 2 aliphatic heterocycles. The van der Waals surface area contributed by atoms with Gasteiger partial charge in [-0.15, -0.1) is 0 Å². The molecular formula is C21H32NO3P. The van der Waals surface area contributed by atoms with Crippen molar-refractivity contribution in [1.29, 1.82) is 0 Å². The van der Waals surface area contributed by atoms with Crippen LogP contribution in [0.2, 0.25) is 0 Å². The van der Waals surface area contributed by atoms with E-state index in [2.05, 4.69) is 33.0 Å². The van der Waals surface area contributed by atoms with Gasteiger partial charge in [0.05, 0.1) is 17.8 Å². The zero-order chi connectivity index (χ0) is 18.5. The van der Waals surface area contributed by atoms with Crippen LogP contribution in [0.25, 0.3) is 0 Å². The summed E-state index contributed by atoms with van der Waals surface area (Å²) in [5, 5.41) is 3.45. The first-order valence-electron chi connectivity index (χ1n) is 9.94. The SMILES string of the molecule is CC1(C)CCC(C2O[PH](=O)C(Nc3ccccc3)C3OC(C)(C)CC23)C1. The molecule has 0 bridgehead atoms. The van der Waals surface area contributed by atoms with Crippen molar-refractivity contribution in [3.05, 3.63) is 30.3 Å². The number of fused-ring (bicyclic) bond motifs is 1. The van der Waals surface area contributed by atoms with Gasteiger partial charge in [-0.3, -0.25) is 4.57 Å². The molecule has 144 valence electrons. The quantitative estimate of drug-likeness (QED) is 0.726. The number of rotatable bonds is 3. The Bertz CT molecular complexity index is 675. The first-order chi connectivity index (χ1) is 12.2. The van der Waals surface area contributed by atoms with Crippen LogP contribution in [-0.2, 0) is 13.8 Å². The lowest BCUT2D eigenvalue weighted by atomic mass is 9.80. The lowest BCUT2D eigenvalue weighted by molar-refractivity contribution is -0.0453. The van der Waals surface area contributed by atoms with Gasteiger partial charge in [0.2, 0.25) is 8.03 Å². The Labute approximate surface area is 157 Å². The van der Waals surface area contributed by atoms with E-state index in [1.807, 2.05) is 30.3 Å². The molecule has 5 heteroatoms. The summed E-state index contributed by atoms with van der Waals surface area (Å²) < 4.78 is 25.8.